The Morgan fingerprint density at radius 1 is 1.61 bits per heavy atom. The third-order valence-corrected chi connectivity index (χ3v) is 3.58. The summed E-state index contributed by atoms with van der Waals surface area (Å²) in [4.78, 5) is 15.4. The molecule has 0 aromatic carbocycles. The van der Waals surface area contributed by atoms with E-state index in [-0.39, 0.29) is 12.5 Å². The predicted molar refractivity (Wildman–Crippen MR) is 70.6 cm³/mol. The average molecular weight is 250 g/mol. The van der Waals surface area contributed by atoms with Gasteiger partial charge in [0.1, 0.15) is 0 Å². The van der Waals surface area contributed by atoms with Crippen molar-refractivity contribution in [1.29, 1.82) is 0 Å². The number of aliphatic hydroxyl groups is 1. The second-order valence-electron chi connectivity index (χ2n) is 5.50. The van der Waals surface area contributed by atoms with Crippen LogP contribution in [0.1, 0.15) is 61.5 Å². The zero-order valence-electron chi connectivity index (χ0n) is 11.1. The maximum absolute atomic E-state index is 12.3. The number of aromatic amines is 1. The van der Waals surface area contributed by atoms with Gasteiger partial charge >= 0.3 is 0 Å². The van der Waals surface area contributed by atoms with Crippen LogP contribution in [0.5, 0.6) is 0 Å². The summed E-state index contributed by atoms with van der Waals surface area (Å²) in [5, 5.41) is 12.4. The van der Waals surface area contributed by atoms with Crippen LogP contribution in [0.3, 0.4) is 0 Å². The van der Waals surface area contributed by atoms with Gasteiger partial charge < -0.3 is 15.4 Å². The Morgan fingerprint density at radius 2 is 2.33 bits per heavy atom. The molecule has 1 aromatic heterocycles. The van der Waals surface area contributed by atoms with Gasteiger partial charge in [0.2, 0.25) is 0 Å². The van der Waals surface area contributed by atoms with Gasteiger partial charge in [0, 0.05) is 11.9 Å². The van der Waals surface area contributed by atoms with Crippen LogP contribution in [0.4, 0.5) is 0 Å². The van der Waals surface area contributed by atoms with Gasteiger partial charge in [0.15, 0.2) is 0 Å². The van der Waals surface area contributed by atoms with Crippen LogP contribution in [-0.4, -0.2) is 28.1 Å². The van der Waals surface area contributed by atoms with E-state index in [2.05, 4.69) is 10.3 Å². The first-order chi connectivity index (χ1) is 8.59. The fourth-order valence-electron chi connectivity index (χ4n) is 2.36. The standard InChI is InChI=1S/C14H22N2O2/c1-3-7-14(2,9-17)16-13(18)11-6-8-15-12(11)10-4-5-10/h6,8,10,15,17H,3-5,7,9H2,1-2H3,(H,16,18)/t14-/m1/s1. The summed E-state index contributed by atoms with van der Waals surface area (Å²) in [6.45, 7) is 3.90. The average Bonchev–Trinajstić information content (AvgIpc) is 3.06. The first-order valence-corrected chi connectivity index (χ1v) is 6.70. The number of hydrogen-bond acceptors (Lipinski definition) is 2. The molecule has 100 valence electrons. The second kappa shape index (κ2) is 5.14. The highest BCUT2D eigenvalue weighted by Gasteiger charge is 2.31. The van der Waals surface area contributed by atoms with Crippen molar-refractivity contribution in [3.8, 4) is 0 Å². The van der Waals surface area contributed by atoms with Gasteiger partial charge in [-0.1, -0.05) is 13.3 Å². The number of H-pyrrole nitrogens is 1. The first kappa shape index (κ1) is 13.1. The third-order valence-electron chi connectivity index (χ3n) is 3.58. The molecule has 0 unspecified atom stereocenters. The molecule has 2 rings (SSSR count). The normalized spacial score (nSPS) is 18.4. The molecular weight excluding hydrogens is 228 g/mol. The maximum Gasteiger partial charge on any atom is 0.253 e. The topological polar surface area (TPSA) is 65.1 Å². The van der Waals surface area contributed by atoms with Crippen molar-refractivity contribution < 1.29 is 9.90 Å². The number of hydrogen-bond donors (Lipinski definition) is 3. The summed E-state index contributed by atoms with van der Waals surface area (Å²) in [6, 6.07) is 1.83. The number of aliphatic hydroxyl groups excluding tert-OH is 1. The molecule has 1 aromatic rings. The molecule has 1 aliphatic rings. The minimum Gasteiger partial charge on any atom is -0.394 e. The number of carbonyl (C=O) groups is 1. The second-order valence-corrected chi connectivity index (χ2v) is 5.50. The van der Waals surface area contributed by atoms with Crippen molar-refractivity contribution in [2.45, 2.75) is 51.0 Å². The minimum atomic E-state index is -0.524. The van der Waals surface area contributed by atoms with E-state index in [0.29, 0.717) is 5.92 Å². The van der Waals surface area contributed by atoms with E-state index in [1.807, 2.05) is 26.1 Å². The molecule has 1 aliphatic carbocycles. The van der Waals surface area contributed by atoms with Crippen LogP contribution in [0.25, 0.3) is 0 Å². The fraction of sp³-hybridized carbons (Fsp3) is 0.643. The monoisotopic (exact) mass is 250 g/mol. The van der Waals surface area contributed by atoms with E-state index in [9.17, 15) is 9.90 Å². The van der Waals surface area contributed by atoms with Crippen LogP contribution in [0, 0.1) is 0 Å². The zero-order chi connectivity index (χ0) is 13.2. The van der Waals surface area contributed by atoms with Crippen molar-refractivity contribution in [3.63, 3.8) is 0 Å². The van der Waals surface area contributed by atoms with Gasteiger partial charge in [-0.05, 0) is 38.2 Å². The number of aromatic nitrogens is 1. The number of carbonyl (C=O) groups excluding carboxylic acids is 1. The molecule has 18 heavy (non-hydrogen) atoms. The molecule has 1 saturated carbocycles. The fourth-order valence-corrected chi connectivity index (χ4v) is 2.36. The SMILES string of the molecule is CCC[C@](C)(CO)NC(=O)c1cc[nH]c1C1CC1. The molecule has 3 N–H and O–H groups in total. The maximum atomic E-state index is 12.3. The summed E-state index contributed by atoms with van der Waals surface area (Å²) in [5.74, 6) is 0.440. The van der Waals surface area contributed by atoms with Gasteiger partial charge in [0.25, 0.3) is 5.91 Å². The van der Waals surface area contributed by atoms with Crippen LogP contribution in [-0.2, 0) is 0 Å². The highest BCUT2D eigenvalue weighted by Crippen LogP contribution is 2.40. The summed E-state index contributed by atoms with van der Waals surface area (Å²) in [5.41, 5.74) is 1.25. The van der Waals surface area contributed by atoms with E-state index < -0.39 is 5.54 Å². The largest absolute Gasteiger partial charge is 0.394 e. The third kappa shape index (κ3) is 2.75. The Morgan fingerprint density at radius 3 is 2.89 bits per heavy atom. The quantitative estimate of drug-likeness (QED) is 0.724. The zero-order valence-corrected chi connectivity index (χ0v) is 11.1. The minimum absolute atomic E-state index is 0.0320. The Hall–Kier alpha value is -1.29. The van der Waals surface area contributed by atoms with Crippen LogP contribution in [0.2, 0.25) is 0 Å². The lowest BCUT2D eigenvalue weighted by Gasteiger charge is -2.28. The molecular formula is C14H22N2O2. The molecule has 1 heterocycles. The van der Waals surface area contributed by atoms with Crippen molar-refractivity contribution >= 4 is 5.91 Å². The van der Waals surface area contributed by atoms with Gasteiger partial charge in [-0.15, -0.1) is 0 Å². The molecule has 4 nitrogen and oxygen atoms in total. The summed E-state index contributed by atoms with van der Waals surface area (Å²) >= 11 is 0. The molecule has 0 bridgehead atoms. The van der Waals surface area contributed by atoms with Gasteiger partial charge in [-0.25, -0.2) is 0 Å². The Kier molecular flexibility index (Phi) is 3.76. The van der Waals surface area contributed by atoms with Crippen molar-refractivity contribution in [1.82, 2.24) is 10.3 Å². The highest BCUT2D eigenvalue weighted by atomic mass is 16.3. The molecule has 1 fully saturated rings. The van der Waals surface area contributed by atoms with Gasteiger partial charge in [-0.3, -0.25) is 4.79 Å². The highest BCUT2D eigenvalue weighted by molar-refractivity contribution is 5.96. The van der Waals surface area contributed by atoms with Crippen molar-refractivity contribution in [2.75, 3.05) is 6.61 Å². The van der Waals surface area contributed by atoms with E-state index in [1.165, 1.54) is 0 Å². The molecule has 1 atom stereocenters. The number of rotatable bonds is 6. The van der Waals surface area contributed by atoms with E-state index in [1.54, 1.807) is 0 Å². The Labute approximate surface area is 108 Å². The van der Waals surface area contributed by atoms with Crippen LogP contribution in [0.15, 0.2) is 12.3 Å². The molecule has 0 aliphatic heterocycles. The van der Waals surface area contributed by atoms with Crippen LogP contribution < -0.4 is 5.32 Å². The van der Waals surface area contributed by atoms with E-state index in [4.69, 9.17) is 0 Å². The van der Waals surface area contributed by atoms with Crippen molar-refractivity contribution in [2.24, 2.45) is 0 Å². The number of amides is 1. The summed E-state index contributed by atoms with van der Waals surface area (Å²) < 4.78 is 0. The predicted octanol–water partition coefficient (Wildman–Crippen LogP) is 2.17. The Bertz CT molecular complexity index is 423. The first-order valence-electron chi connectivity index (χ1n) is 6.70. The molecule has 0 spiro atoms. The lowest BCUT2D eigenvalue weighted by Crippen LogP contribution is -2.48. The molecule has 4 heteroatoms. The molecule has 0 radical (unpaired) electrons. The van der Waals surface area contributed by atoms with Gasteiger partial charge in [0.05, 0.1) is 17.7 Å². The lowest BCUT2D eigenvalue weighted by molar-refractivity contribution is 0.0840. The molecule has 0 saturated heterocycles. The smallest absolute Gasteiger partial charge is 0.253 e. The van der Waals surface area contributed by atoms with Crippen LogP contribution >= 0.6 is 0 Å². The van der Waals surface area contributed by atoms with Gasteiger partial charge in [-0.2, -0.15) is 0 Å². The number of nitrogens with one attached hydrogen (secondary N) is 2. The summed E-state index contributed by atoms with van der Waals surface area (Å²) in [6.07, 6.45) is 5.84. The Balaban J connectivity index is 2.08. The van der Waals surface area contributed by atoms with E-state index in [0.717, 1.165) is 36.9 Å². The van der Waals surface area contributed by atoms with E-state index >= 15 is 0 Å². The summed E-state index contributed by atoms with van der Waals surface area (Å²) in [7, 11) is 0. The molecule has 1 amide bonds. The lowest BCUT2D eigenvalue weighted by atomic mass is 9.96. The van der Waals surface area contributed by atoms with Crippen molar-refractivity contribution in [3.05, 3.63) is 23.5 Å².